The van der Waals surface area contributed by atoms with Crippen molar-refractivity contribution in [3.05, 3.63) is 47.9 Å². The van der Waals surface area contributed by atoms with E-state index in [9.17, 15) is 4.79 Å². The summed E-state index contributed by atoms with van der Waals surface area (Å²) in [6.45, 7) is 9.74. The van der Waals surface area contributed by atoms with Crippen molar-refractivity contribution in [2.75, 3.05) is 26.2 Å². The van der Waals surface area contributed by atoms with Crippen molar-refractivity contribution in [3.63, 3.8) is 0 Å². The summed E-state index contributed by atoms with van der Waals surface area (Å²) in [5, 5.41) is 4.66. The Kier molecular flexibility index (Phi) is 5.09. The van der Waals surface area contributed by atoms with Gasteiger partial charge in [0, 0.05) is 50.2 Å². The highest BCUT2D eigenvalue weighted by atomic mass is 16.2. The molecule has 0 bridgehead atoms. The van der Waals surface area contributed by atoms with Crippen LogP contribution in [-0.2, 0) is 6.42 Å². The molecule has 3 aromatic rings. The van der Waals surface area contributed by atoms with E-state index in [2.05, 4.69) is 40.7 Å². The average Bonchev–Trinajstić information content (AvgIpc) is 3.17. The molecule has 1 saturated heterocycles. The van der Waals surface area contributed by atoms with Gasteiger partial charge in [0.1, 0.15) is 11.4 Å². The zero-order valence-electron chi connectivity index (χ0n) is 16.7. The van der Waals surface area contributed by atoms with E-state index in [-0.39, 0.29) is 5.91 Å². The van der Waals surface area contributed by atoms with Crippen molar-refractivity contribution in [2.45, 2.75) is 33.2 Å². The molecular weight excluding hydrogens is 352 g/mol. The SMILES string of the molecule is CCc1cc(C(=O)N2CCN(C(C)C)CC2)nc2cc(-c3ccccn3)nn12. The topological polar surface area (TPSA) is 66.6 Å². The predicted octanol–water partition coefficient (Wildman–Crippen LogP) is 2.52. The minimum Gasteiger partial charge on any atom is -0.335 e. The fraction of sp³-hybridized carbons (Fsp3) is 0.429. The van der Waals surface area contributed by atoms with Gasteiger partial charge in [-0.15, -0.1) is 0 Å². The fourth-order valence-corrected chi connectivity index (χ4v) is 3.64. The molecular formula is C21H26N6O. The molecule has 7 nitrogen and oxygen atoms in total. The van der Waals surface area contributed by atoms with Crippen LogP contribution in [0.5, 0.6) is 0 Å². The molecule has 1 aliphatic heterocycles. The molecule has 0 atom stereocenters. The molecule has 28 heavy (non-hydrogen) atoms. The van der Waals surface area contributed by atoms with Gasteiger partial charge in [0.25, 0.3) is 5.91 Å². The molecule has 0 radical (unpaired) electrons. The Labute approximate surface area is 165 Å². The van der Waals surface area contributed by atoms with Gasteiger partial charge in [0.05, 0.1) is 5.69 Å². The van der Waals surface area contributed by atoms with Crippen molar-refractivity contribution in [1.29, 1.82) is 0 Å². The van der Waals surface area contributed by atoms with Gasteiger partial charge in [-0.2, -0.15) is 5.10 Å². The maximum absolute atomic E-state index is 13.1. The standard InChI is InChI=1S/C21H26N6O/c1-4-16-13-19(21(28)26-11-9-25(10-12-26)15(2)3)23-20-14-18(24-27(16)20)17-7-5-6-8-22-17/h5-8,13-15H,4,9-12H2,1-3H3. The van der Waals surface area contributed by atoms with Gasteiger partial charge in [-0.25, -0.2) is 9.50 Å². The lowest BCUT2D eigenvalue weighted by atomic mass is 10.2. The number of pyridine rings is 1. The third-order valence-corrected chi connectivity index (χ3v) is 5.34. The van der Waals surface area contributed by atoms with Crippen LogP contribution < -0.4 is 0 Å². The summed E-state index contributed by atoms with van der Waals surface area (Å²) in [4.78, 5) is 26.4. The summed E-state index contributed by atoms with van der Waals surface area (Å²) in [7, 11) is 0. The zero-order chi connectivity index (χ0) is 19.7. The van der Waals surface area contributed by atoms with E-state index >= 15 is 0 Å². The van der Waals surface area contributed by atoms with E-state index in [1.165, 1.54) is 0 Å². The number of fused-ring (bicyclic) bond motifs is 1. The maximum Gasteiger partial charge on any atom is 0.272 e. The molecule has 1 aliphatic rings. The molecule has 0 aliphatic carbocycles. The summed E-state index contributed by atoms with van der Waals surface area (Å²) in [6.07, 6.45) is 2.52. The average molecular weight is 378 g/mol. The Morgan fingerprint density at radius 3 is 2.54 bits per heavy atom. The Balaban J connectivity index is 1.64. The van der Waals surface area contributed by atoms with Crippen molar-refractivity contribution in [2.24, 2.45) is 0 Å². The lowest BCUT2D eigenvalue weighted by molar-refractivity contribution is 0.0590. The van der Waals surface area contributed by atoms with E-state index in [4.69, 9.17) is 0 Å². The number of hydrogen-bond acceptors (Lipinski definition) is 5. The highest BCUT2D eigenvalue weighted by Crippen LogP contribution is 2.19. The number of aryl methyl sites for hydroxylation is 1. The van der Waals surface area contributed by atoms with Crippen LogP contribution in [0.3, 0.4) is 0 Å². The molecule has 0 aromatic carbocycles. The van der Waals surface area contributed by atoms with Gasteiger partial charge in [0.2, 0.25) is 0 Å². The number of amides is 1. The number of nitrogens with zero attached hydrogens (tertiary/aromatic N) is 6. The van der Waals surface area contributed by atoms with Crippen molar-refractivity contribution >= 4 is 11.6 Å². The molecule has 7 heteroatoms. The molecule has 0 saturated carbocycles. The first kappa shape index (κ1) is 18.6. The number of carbonyl (C=O) groups is 1. The largest absolute Gasteiger partial charge is 0.335 e. The molecule has 0 N–H and O–H groups in total. The first-order chi connectivity index (χ1) is 13.6. The number of piperazine rings is 1. The monoisotopic (exact) mass is 378 g/mol. The second-order valence-corrected chi connectivity index (χ2v) is 7.42. The van der Waals surface area contributed by atoms with Gasteiger partial charge in [-0.1, -0.05) is 13.0 Å². The molecule has 3 aromatic heterocycles. The summed E-state index contributed by atoms with van der Waals surface area (Å²) in [6, 6.07) is 10.0. The Morgan fingerprint density at radius 2 is 1.89 bits per heavy atom. The molecule has 4 rings (SSSR count). The van der Waals surface area contributed by atoms with Gasteiger partial charge in [-0.3, -0.25) is 14.7 Å². The van der Waals surface area contributed by atoms with E-state index in [0.29, 0.717) is 17.4 Å². The summed E-state index contributed by atoms with van der Waals surface area (Å²) >= 11 is 0. The van der Waals surface area contributed by atoms with Gasteiger partial charge >= 0.3 is 0 Å². The summed E-state index contributed by atoms with van der Waals surface area (Å²) in [5.41, 5.74) is 3.71. The smallest absolute Gasteiger partial charge is 0.272 e. The molecule has 0 unspecified atom stereocenters. The Hall–Kier alpha value is -2.80. The van der Waals surface area contributed by atoms with Crippen LogP contribution in [0, 0.1) is 0 Å². The van der Waals surface area contributed by atoms with Crippen molar-refractivity contribution in [3.8, 4) is 11.4 Å². The van der Waals surface area contributed by atoms with Crippen LogP contribution in [-0.4, -0.2) is 67.5 Å². The number of aromatic nitrogens is 4. The second-order valence-electron chi connectivity index (χ2n) is 7.42. The van der Waals surface area contributed by atoms with E-state index in [1.807, 2.05) is 39.7 Å². The van der Waals surface area contributed by atoms with Crippen LogP contribution in [0.15, 0.2) is 36.5 Å². The molecule has 0 spiro atoms. The van der Waals surface area contributed by atoms with Crippen LogP contribution in [0.25, 0.3) is 17.0 Å². The predicted molar refractivity (Wildman–Crippen MR) is 108 cm³/mol. The minimum absolute atomic E-state index is 0.00110. The van der Waals surface area contributed by atoms with Crippen molar-refractivity contribution < 1.29 is 4.79 Å². The zero-order valence-corrected chi connectivity index (χ0v) is 16.7. The number of carbonyl (C=O) groups excluding carboxylic acids is 1. The lowest BCUT2D eigenvalue weighted by Crippen LogP contribution is -2.50. The number of rotatable bonds is 4. The van der Waals surface area contributed by atoms with Crippen LogP contribution >= 0.6 is 0 Å². The highest BCUT2D eigenvalue weighted by molar-refractivity contribution is 5.93. The molecule has 1 fully saturated rings. The Morgan fingerprint density at radius 1 is 1.11 bits per heavy atom. The fourth-order valence-electron chi connectivity index (χ4n) is 3.64. The summed E-state index contributed by atoms with van der Waals surface area (Å²) < 4.78 is 1.82. The van der Waals surface area contributed by atoms with Crippen LogP contribution in [0.4, 0.5) is 0 Å². The summed E-state index contributed by atoms with van der Waals surface area (Å²) in [5.74, 6) is 0.00110. The number of hydrogen-bond donors (Lipinski definition) is 0. The Bertz CT molecular complexity index is 973. The second kappa shape index (κ2) is 7.67. The third-order valence-electron chi connectivity index (χ3n) is 5.34. The van der Waals surface area contributed by atoms with E-state index in [0.717, 1.165) is 49.7 Å². The minimum atomic E-state index is 0.00110. The third kappa shape index (κ3) is 3.49. The van der Waals surface area contributed by atoms with Crippen molar-refractivity contribution in [1.82, 2.24) is 29.4 Å². The molecule has 4 heterocycles. The highest BCUT2D eigenvalue weighted by Gasteiger charge is 2.25. The van der Waals surface area contributed by atoms with E-state index in [1.54, 1.807) is 6.20 Å². The quantitative estimate of drug-likeness (QED) is 0.698. The van der Waals surface area contributed by atoms with Crippen LogP contribution in [0.2, 0.25) is 0 Å². The first-order valence-electron chi connectivity index (χ1n) is 9.91. The maximum atomic E-state index is 13.1. The van der Waals surface area contributed by atoms with E-state index < -0.39 is 0 Å². The first-order valence-corrected chi connectivity index (χ1v) is 9.91. The lowest BCUT2D eigenvalue weighted by Gasteiger charge is -2.36. The van der Waals surface area contributed by atoms with Crippen LogP contribution in [0.1, 0.15) is 37.0 Å². The van der Waals surface area contributed by atoms with Gasteiger partial charge in [0.15, 0.2) is 5.65 Å². The van der Waals surface area contributed by atoms with Gasteiger partial charge < -0.3 is 4.90 Å². The van der Waals surface area contributed by atoms with Gasteiger partial charge in [-0.05, 0) is 38.5 Å². The molecule has 146 valence electrons. The molecule has 1 amide bonds. The normalized spacial score (nSPS) is 15.5.